The van der Waals surface area contributed by atoms with Gasteiger partial charge in [-0.3, -0.25) is 4.90 Å². The van der Waals surface area contributed by atoms with E-state index in [-0.39, 0.29) is 0 Å². The Morgan fingerprint density at radius 3 is 2.67 bits per heavy atom. The Labute approximate surface area is 179 Å². The maximum atomic E-state index is 11.5. The van der Waals surface area contributed by atoms with Gasteiger partial charge >= 0.3 is 5.97 Å². The molecule has 2 aromatic carbocycles. The molecule has 4 nitrogen and oxygen atoms in total. The van der Waals surface area contributed by atoms with Gasteiger partial charge in [-0.15, -0.1) is 0 Å². The van der Waals surface area contributed by atoms with Crippen molar-refractivity contribution in [2.45, 2.75) is 57.9 Å². The fraction of sp³-hybridized carbons (Fsp3) is 0.500. The van der Waals surface area contributed by atoms with Crippen molar-refractivity contribution in [3.05, 3.63) is 64.7 Å². The summed E-state index contributed by atoms with van der Waals surface area (Å²) in [5.74, 6) is 0.774. The Balaban J connectivity index is 1.57. The Morgan fingerprint density at radius 1 is 1.00 bits per heavy atom. The maximum absolute atomic E-state index is 11.5. The van der Waals surface area contributed by atoms with E-state index >= 15 is 0 Å². The van der Waals surface area contributed by atoms with E-state index < -0.39 is 5.97 Å². The van der Waals surface area contributed by atoms with Gasteiger partial charge in [-0.2, -0.15) is 0 Å². The lowest BCUT2D eigenvalue weighted by atomic mass is 9.99. The van der Waals surface area contributed by atoms with Crippen molar-refractivity contribution in [2.24, 2.45) is 5.92 Å². The third-order valence-electron chi connectivity index (χ3n) is 6.47. The van der Waals surface area contributed by atoms with Crippen LogP contribution in [0.25, 0.3) is 0 Å². The van der Waals surface area contributed by atoms with E-state index in [0.717, 1.165) is 43.2 Å². The minimum absolute atomic E-state index is 0.317. The molecule has 1 fully saturated rings. The third-order valence-corrected chi connectivity index (χ3v) is 6.47. The molecule has 30 heavy (non-hydrogen) atoms. The first-order chi connectivity index (χ1) is 14.7. The molecule has 1 saturated carbocycles. The molecule has 0 saturated heterocycles. The number of hydrogen-bond donors (Lipinski definition) is 1. The van der Waals surface area contributed by atoms with Crippen LogP contribution in [-0.2, 0) is 13.0 Å². The normalized spacial score (nSPS) is 18.9. The van der Waals surface area contributed by atoms with Crippen LogP contribution in [0.2, 0.25) is 0 Å². The standard InChI is InChI=1S/C26H33NO3/c28-26(29)23-11-12-25-24(17-23)16-21-9-6-10-22(15-21)19-27(13-4-1-5-14-30-25)18-20-7-2-3-8-20/h6,9-12,15,17,20H,1-5,7-8,13-14,16,18-19H2,(H,28,29). The number of rotatable bonds is 3. The van der Waals surface area contributed by atoms with Crippen LogP contribution in [0.1, 0.15) is 72.0 Å². The van der Waals surface area contributed by atoms with Crippen molar-refractivity contribution in [3.8, 4) is 5.75 Å². The third kappa shape index (κ3) is 5.63. The first kappa shape index (κ1) is 20.9. The van der Waals surface area contributed by atoms with Crippen LogP contribution in [0.3, 0.4) is 0 Å². The second-order valence-electron chi connectivity index (χ2n) is 8.92. The van der Waals surface area contributed by atoms with Crippen molar-refractivity contribution < 1.29 is 14.6 Å². The van der Waals surface area contributed by atoms with Gasteiger partial charge in [-0.1, -0.05) is 37.1 Å². The molecule has 0 unspecified atom stereocenters. The van der Waals surface area contributed by atoms with Gasteiger partial charge in [0.25, 0.3) is 0 Å². The fourth-order valence-electron chi connectivity index (χ4n) is 4.90. The zero-order valence-corrected chi connectivity index (χ0v) is 17.8. The van der Waals surface area contributed by atoms with Gasteiger partial charge in [-0.25, -0.2) is 4.79 Å². The highest BCUT2D eigenvalue weighted by Crippen LogP contribution is 2.27. The summed E-state index contributed by atoms with van der Waals surface area (Å²) >= 11 is 0. The van der Waals surface area contributed by atoms with E-state index in [4.69, 9.17) is 4.74 Å². The number of carboxylic acid groups (broad SMARTS) is 1. The Kier molecular flexibility index (Phi) is 7.06. The lowest BCUT2D eigenvalue weighted by Gasteiger charge is -2.26. The van der Waals surface area contributed by atoms with Crippen LogP contribution in [0.5, 0.6) is 5.75 Å². The number of carbonyl (C=O) groups is 1. The molecule has 0 spiro atoms. The van der Waals surface area contributed by atoms with Gasteiger partial charge in [0.15, 0.2) is 0 Å². The van der Waals surface area contributed by atoms with E-state index in [0.29, 0.717) is 18.6 Å². The monoisotopic (exact) mass is 407 g/mol. The summed E-state index contributed by atoms with van der Waals surface area (Å²) < 4.78 is 6.07. The van der Waals surface area contributed by atoms with Crippen LogP contribution in [0, 0.1) is 5.92 Å². The fourth-order valence-corrected chi connectivity index (χ4v) is 4.90. The van der Waals surface area contributed by atoms with Gasteiger partial charge in [0, 0.05) is 19.5 Å². The van der Waals surface area contributed by atoms with Gasteiger partial charge in [0.2, 0.25) is 0 Å². The minimum atomic E-state index is -0.895. The lowest BCUT2D eigenvalue weighted by molar-refractivity contribution is 0.0696. The summed E-state index contributed by atoms with van der Waals surface area (Å²) in [7, 11) is 0. The van der Waals surface area contributed by atoms with Gasteiger partial charge in [-0.05, 0) is 79.5 Å². The van der Waals surface area contributed by atoms with Crippen molar-refractivity contribution in [1.29, 1.82) is 0 Å². The summed E-state index contributed by atoms with van der Waals surface area (Å²) in [6.07, 6.45) is 9.62. The molecule has 4 heteroatoms. The number of ether oxygens (including phenoxy) is 1. The number of benzene rings is 2. The second-order valence-corrected chi connectivity index (χ2v) is 8.92. The van der Waals surface area contributed by atoms with E-state index in [2.05, 4.69) is 29.2 Å². The molecule has 1 N–H and O–H groups in total. The van der Waals surface area contributed by atoms with Gasteiger partial charge in [0.1, 0.15) is 5.75 Å². The van der Waals surface area contributed by atoms with Crippen molar-refractivity contribution in [1.82, 2.24) is 4.90 Å². The van der Waals surface area contributed by atoms with E-state index in [1.165, 1.54) is 49.8 Å². The van der Waals surface area contributed by atoms with Gasteiger partial charge in [0.05, 0.1) is 12.2 Å². The smallest absolute Gasteiger partial charge is 0.335 e. The van der Waals surface area contributed by atoms with Crippen LogP contribution in [0.15, 0.2) is 42.5 Å². The van der Waals surface area contributed by atoms with Crippen LogP contribution < -0.4 is 4.74 Å². The molecule has 1 aliphatic carbocycles. The Hall–Kier alpha value is -2.33. The highest BCUT2D eigenvalue weighted by Gasteiger charge is 2.19. The van der Waals surface area contributed by atoms with Crippen LogP contribution in [0.4, 0.5) is 0 Å². The Bertz CT molecular complexity index is 857. The second kappa shape index (κ2) is 10.1. The quantitative estimate of drug-likeness (QED) is 0.727. The van der Waals surface area contributed by atoms with Crippen molar-refractivity contribution >= 4 is 5.97 Å². The summed E-state index contributed by atoms with van der Waals surface area (Å²) in [5, 5.41) is 9.40. The van der Waals surface area contributed by atoms with Crippen molar-refractivity contribution in [3.63, 3.8) is 0 Å². The average Bonchev–Trinajstić information content (AvgIpc) is 3.24. The van der Waals surface area contributed by atoms with Gasteiger partial charge < -0.3 is 9.84 Å². The topological polar surface area (TPSA) is 49.8 Å². The first-order valence-electron chi connectivity index (χ1n) is 11.5. The summed E-state index contributed by atoms with van der Waals surface area (Å²) in [6, 6.07) is 14.0. The molecule has 0 aromatic heterocycles. The number of aromatic carboxylic acids is 1. The maximum Gasteiger partial charge on any atom is 0.335 e. The SMILES string of the molecule is O=C(O)c1ccc2c(c1)Cc1cccc(c1)CN(CC1CCCC1)CCCCCO2. The number of fused-ring (bicyclic) bond motifs is 3. The minimum Gasteiger partial charge on any atom is -0.493 e. The lowest BCUT2D eigenvalue weighted by Crippen LogP contribution is -2.29. The molecular formula is C26H33NO3. The molecule has 2 aliphatic rings. The predicted molar refractivity (Wildman–Crippen MR) is 119 cm³/mol. The molecule has 0 radical (unpaired) electrons. The first-order valence-corrected chi connectivity index (χ1v) is 11.5. The molecule has 1 aliphatic heterocycles. The Morgan fingerprint density at radius 2 is 1.83 bits per heavy atom. The average molecular weight is 408 g/mol. The van der Waals surface area contributed by atoms with Crippen LogP contribution >= 0.6 is 0 Å². The number of nitrogens with zero attached hydrogens (tertiary/aromatic N) is 1. The predicted octanol–water partition coefficient (Wildman–Crippen LogP) is 5.53. The number of carboxylic acids is 1. The summed E-state index contributed by atoms with van der Waals surface area (Å²) in [6.45, 7) is 4.05. The van der Waals surface area contributed by atoms with E-state index in [1.54, 1.807) is 12.1 Å². The molecule has 0 amide bonds. The van der Waals surface area contributed by atoms with E-state index in [9.17, 15) is 9.90 Å². The zero-order chi connectivity index (χ0) is 20.8. The molecule has 1 heterocycles. The summed E-state index contributed by atoms with van der Waals surface area (Å²) in [4.78, 5) is 14.1. The molecule has 2 bridgehead atoms. The largest absolute Gasteiger partial charge is 0.493 e. The molecule has 2 aromatic rings. The molecule has 4 rings (SSSR count). The molecule has 160 valence electrons. The van der Waals surface area contributed by atoms with Crippen molar-refractivity contribution in [2.75, 3.05) is 19.7 Å². The molecule has 0 atom stereocenters. The van der Waals surface area contributed by atoms with Crippen LogP contribution in [-0.4, -0.2) is 35.7 Å². The highest BCUT2D eigenvalue weighted by atomic mass is 16.5. The highest BCUT2D eigenvalue weighted by molar-refractivity contribution is 5.88. The van der Waals surface area contributed by atoms with E-state index in [1.807, 2.05) is 6.07 Å². The zero-order valence-electron chi connectivity index (χ0n) is 17.8. The number of hydrogen-bond acceptors (Lipinski definition) is 3. The summed E-state index contributed by atoms with van der Waals surface area (Å²) in [5.41, 5.74) is 3.82. The molecular weight excluding hydrogens is 374 g/mol.